The Bertz CT molecular complexity index is 185. The van der Waals surface area contributed by atoms with Crippen LogP contribution in [0.5, 0.6) is 0 Å². The lowest BCUT2D eigenvalue weighted by Crippen LogP contribution is -2.43. The van der Waals surface area contributed by atoms with Crippen molar-refractivity contribution in [3.8, 4) is 0 Å². The van der Waals surface area contributed by atoms with E-state index in [4.69, 9.17) is 5.73 Å². The molecule has 2 aliphatic heterocycles. The van der Waals surface area contributed by atoms with E-state index >= 15 is 0 Å². The molecule has 3 N–H and O–H groups in total. The van der Waals surface area contributed by atoms with Crippen molar-refractivity contribution in [1.82, 2.24) is 5.32 Å². The summed E-state index contributed by atoms with van der Waals surface area (Å²) in [6.07, 6.45) is 2.16. The Morgan fingerprint density at radius 2 is 2.60 bits per heavy atom. The minimum atomic E-state index is -0.545. The molecule has 56 valence electrons. The fourth-order valence-corrected chi connectivity index (χ4v) is 2.39. The molecule has 2 fully saturated rings. The highest BCUT2D eigenvalue weighted by Crippen LogP contribution is 2.52. The van der Waals surface area contributed by atoms with Gasteiger partial charge in [-0.05, 0) is 12.8 Å². The van der Waals surface area contributed by atoms with Gasteiger partial charge in [0.25, 0.3) is 5.91 Å². The Labute approximate surface area is 63.7 Å². The van der Waals surface area contributed by atoms with Crippen LogP contribution in [0.4, 0.5) is 0 Å². The van der Waals surface area contributed by atoms with E-state index in [-0.39, 0.29) is 5.91 Å². The number of carbonyl (C=O) groups is 1. The van der Waals surface area contributed by atoms with Crippen LogP contribution >= 0.6 is 11.8 Å². The zero-order chi connectivity index (χ0) is 7.19. The first-order valence-corrected chi connectivity index (χ1v) is 4.36. The van der Waals surface area contributed by atoms with Crippen LogP contribution in [0.15, 0.2) is 0 Å². The largest absolute Gasteiger partial charge is 0.354 e. The van der Waals surface area contributed by atoms with Gasteiger partial charge >= 0.3 is 0 Å². The van der Waals surface area contributed by atoms with Gasteiger partial charge < -0.3 is 11.1 Å². The Kier molecular flexibility index (Phi) is 1.22. The molecule has 0 aromatic rings. The van der Waals surface area contributed by atoms with Gasteiger partial charge in [0.15, 0.2) is 4.87 Å². The molecule has 0 aliphatic carbocycles. The number of nitrogens with two attached hydrogens (primary N) is 1. The molecule has 2 heterocycles. The van der Waals surface area contributed by atoms with Gasteiger partial charge in [-0.1, -0.05) is 0 Å². The molecule has 0 bridgehead atoms. The Morgan fingerprint density at radius 3 is 3.40 bits per heavy atom. The van der Waals surface area contributed by atoms with Gasteiger partial charge in [0.05, 0.1) is 0 Å². The predicted molar refractivity (Wildman–Crippen MR) is 40.5 cm³/mol. The zero-order valence-corrected chi connectivity index (χ0v) is 6.41. The van der Waals surface area contributed by atoms with Gasteiger partial charge in [-0.25, -0.2) is 0 Å². The third-order valence-electron chi connectivity index (χ3n) is 2.04. The quantitative estimate of drug-likeness (QED) is 0.474. The molecule has 2 atom stereocenters. The maximum absolute atomic E-state index is 11.1. The van der Waals surface area contributed by atoms with Crippen molar-refractivity contribution in [2.24, 2.45) is 5.73 Å². The highest BCUT2D eigenvalue weighted by atomic mass is 32.2. The van der Waals surface area contributed by atoms with Gasteiger partial charge in [-0.2, -0.15) is 0 Å². The SMILES string of the molecule is NC12SC1CCCNC2=O. The van der Waals surface area contributed by atoms with Gasteiger partial charge in [0.2, 0.25) is 0 Å². The maximum Gasteiger partial charge on any atom is 0.251 e. The number of thioether (sulfide) groups is 1. The Balaban J connectivity index is 2.15. The Morgan fingerprint density at radius 1 is 1.80 bits per heavy atom. The van der Waals surface area contributed by atoms with Crippen LogP contribution in [0.3, 0.4) is 0 Å². The molecule has 2 unspecified atom stereocenters. The maximum atomic E-state index is 11.1. The van der Waals surface area contributed by atoms with Crippen molar-refractivity contribution in [2.45, 2.75) is 23.0 Å². The summed E-state index contributed by atoms with van der Waals surface area (Å²) in [5.74, 6) is 0.0278. The summed E-state index contributed by atoms with van der Waals surface area (Å²) < 4.78 is 0. The normalized spacial score (nSPS) is 45.3. The molecule has 0 radical (unpaired) electrons. The van der Waals surface area contributed by atoms with Crippen molar-refractivity contribution in [2.75, 3.05) is 6.54 Å². The summed E-state index contributed by atoms with van der Waals surface area (Å²) in [5, 5.41) is 3.19. The van der Waals surface area contributed by atoms with Crippen molar-refractivity contribution < 1.29 is 4.79 Å². The number of hydrogen-bond acceptors (Lipinski definition) is 3. The topological polar surface area (TPSA) is 55.1 Å². The molecular weight excluding hydrogens is 148 g/mol. The van der Waals surface area contributed by atoms with Crippen LogP contribution in [0, 0.1) is 0 Å². The van der Waals surface area contributed by atoms with E-state index in [1.54, 1.807) is 11.8 Å². The molecule has 2 saturated heterocycles. The van der Waals surface area contributed by atoms with E-state index in [9.17, 15) is 4.79 Å². The van der Waals surface area contributed by atoms with Crippen molar-refractivity contribution >= 4 is 17.7 Å². The first kappa shape index (κ1) is 6.49. The first-order chi connectivity index (χ1) is 4.73. The highest BCUT2D eigenvalue weighted by Gasteiger charge is 2.58. The second-order valence-corrected chi connectivity index (χ2v) is 4.28. The van der Waals surface area contributed by atoms with Gasteiger partial charge in [-0.3, -0.25) is 4.79 Å². The summed E-state index contributed by atoms with van der Waals surface area (Å²) >= 11 is 1.59. The first-order valence-electron chi connectivity index (χ1n) is 3.48. The van der Waals surface area contributed by atoms with Gasteiger partial charge in [0, 0.05) is 11.8 Å². The molecule has 0 aromatic heterocycles. The molecular formula is C6H10N2OS. The van der Waals surface area contributed by atoms with Gasteiger partial charge in [-0.15, -0.1) is 11.8 Å². The molecule has 1 amide bonds. The number of nitrogens with one attached hydrogen (secondary N) is 1. The summed E-state index contributed by atoms with van der Waals surface area (Å²) in [7, 11) is 0. The van der Waals surface area contributed by atoms with E-state index in [0.717, 1.165) is 19.4 Å². The van der Waals surface area contributed by atoms with Crippen LogP contribution in [0.2, 0.25) is 0 Å². The molecule has 0 aromatic carbocycles. The van der Waals surface area contributed by atoms with Crippen LogP contribution < -0.4 is 11.1 Å². The van der Waals surface area contributed by atoms with E-state index < -0.39 is 4.87 Å². The van der Waals surface area contributed by atoms with E-state index in [0.29, 0.717) is 5.25 Å². The van der Waals surface area contributed by atoms with Crippen molar-refractivity contribution in [3.05, 3.63) is 0 Å². The number of rotatable bonds is 0. The van der Waals surface area contributed by atoms with Crippen molar-refractivity contribution in [1.29, 1.82) is 0 Å². The molecule has 0 saturated carbocycles. The zero-order valence-electron chi connectivity index (χ0n) is 5.59. The molecule has 2 rings (SSSR count). The lowest BCUT2D eigenvalue weighted by Gasteiger charge is -2.04. The third kappa shape index (κ3) is 0.754. The number of carbonyl (C=O) groups excluding carboxylic acids is 1. The molecule has 0 spiro atoms. The number of amides is 1. The molecule has 10 heavy (non-hydrogen) atoms. The monoisotopic (exact) mass is 158 g/mol. The third-order valence-corrected chi connectivity index (χ3v) is 3.54. The smallest absolute Gasteiger partial charge is 0.251 e. The number of fused-ring (bicyclic) bond motifs is 1. The van der Waals surface area contributed by atoms with E-state index in [2.05, 4.69) is 5.32 Å². The molecule has 4 heteroatoms. The Hall–Kier alpha value is -0.220. The summed E-state index contributed by atoms with van der Waals surface area (Å²) in [6.45, 7) is 0.800. The lowest BCUT2D eigenvalue weighted by atomic mass is 10.1. The fourth-order valence-electron chi connectivity index (χ4n) is 1.30. The molecule has 3 nitrogen and oxygen atoms in total. The summed E-state index contributed by atoms with van der Waals surface area (Å²) in [5.41, 5.74) is 5.75. The standard InChI is InChI=1S/C6H10N2OS/c7-6-4(10-6)2-1-3-8-5(6)9/h4H,1-3,7H2,(H,8,9). The second-order valence-electron chi connectivity index (χ2n) is 2.80. The highest BCUT2D eigenvalue weighted by molar-refractivity contribution is 8.09. The lowest BCUT2D eigenvalue weighted by molar-refractivity contribution is -0.122. The minimum absolute atomic E-state index is 0.0278. The predicted octanol–water partition coefficient (Wildman–Crippen LogP) is -0.333. The number of hydrogen-bond donors (Lipinski definition) is 2. The van der Waals surface area contributed by atoms with E-state index in [1.165, 1.54) is 0 Å². The van der Waals surface area contributed by atoms with Gasteiger partial charge in [0.1, 0.15) is 0 Å². The summed E-state index contributed by atoms with van der Waals surface area (Å²) in [4.78, 5) is 10.6. The van der Waals surface area contributed by atoms with Crippen molar-refractivity contribution in [3.63, 3.8) is 0 Å². The summed E-state index contributed by atoms with van der Waals surface area (Å²) in [6, 6.07) is 0. The molecule has 2 aliphatic rings. The average Bonchev–Trinajstić information content (AvgIpc) is 2.55. The van der Waals surface area contributed by atoms with Crippen LogP contribution in [0.1, 0.15) is 12.8 Å². The minimum Gasteiger partial charge on any atom is -0.354 e. The second kappa shape index (κ2) is 1.89. The van der Waals surface area contributed by atoms with Crippen LogP contribution in [-0.2, 0) is 4.79 Å². The van der Waals surface area contributed by atoms with Crippen LogP contribution in [-0.4, -0.2) is 22.6 Å². The average molecular weight is 158 g/mol. The van der Waals surface area contributed by atoms with Crippen LogP contribution in [0.25, 0.3) is 0 Å². The fraction of sp³-hybridized carbons (Fsp3) is 0.833. The van der Waals surface area contributed by atoms with E-state index in [1.807, 2.05) is 0 Å².